The van der Waals surface area contributed by atoms with Crippen molar-refractivity contribution in [3.8, 4) is 34.5 Å². The van der Waals surface area contributed by atoms with Crippen molar-refractivity contribution in [1.29, 1.82) is 0 Å². The Labute approximate surface area is 180 Å². The van der Waals surface area contributed by atoms with Crippen LogP contribution in [-0.4, -0.2) is 51.0 Å². The number of carbonyl (C=O) groups is 1. The molecule has 0 fully saturated rings. The highest BCUT2D eigenvalue weighted by Crippen LogP contribution is 2.42. The first kappa shape index (κ1) is 21.9. The molecule has 9 heteroatoms. The molecule has 1 N–H and O–H groups in total. The molecular weight excluding hydrogens is 402 g/mol. The van der Waals surface area contributed by atoms with Gasteiger partial charge in [0.15, 0.2) is 17.3 Å². The van der Waals surface area contributed by atoms with E-state index in [1.807, 2.05) is 6.07 Å². The third kappa shape index (κ3) is 4.71. The molecule has 0 bridgehead atoms. The molecule has 0 spiro atoms. The summed E-state index contributed by atoms with van der Waals surface area (Å²) < 4.78 is 26.7. The van der Waals surface area contributed by atoms with Crippen LogP contribution < -0.4 is 24.3 Å². The fourth-order valence-corrected chi connectivity index (χ4v) is 3.13. The standard InChI is InChI=1S/C22H25N3O6/c1-13-19(22(26)23-9-8-14-6-7-18(29-4)24-12-14)20(31-25-13)15-10-16(27-2)21(30-5)17(11-15)28-3/h6-7,10-12H,8-9H2,1-5H3,(H,23,26). The van der Waals surface area contributed by atoms with Crippen LogP contribution in [0.25, 0.3) is 11.3 Å². The lowest BCUT2D eigenvalue weighted by Gasteiger charge is -2.13. The summed E-state index contributed by atoms with van der Waals surface area (Å²) >= 11 is 0. The predicted octanol–water partition coefficient (Wildman–Crippen LogP) is 3.05. The summed E-state index contributed by atoms with van der Waals surface area (Å²) in [6.45, 7) is 2.14. The second-order valence-corrected chi connectivity index (χ2v) is 6.60. The van der Waals surface area contributed by atoms with Crippen molar-refractivity contribution >= 4 is 5.91 Å². The number of hydrogen-bond donors (Lipinski definition) is 1. The molecule has 0 saturated carbocycles. The minimum absolute atomic E-state index is 0.288. The maximum atomic E-state index is 12.9. The molecule has 0 atom stereocenters. The molecule has 9 nitrogen and oxygen atoms in total. The van der Waals surface area contributed by atoms with Gasteiger partial charge in [0.25, 0.3) is 5.91 Å². The van der Waals surface area contributed by atoms with Crippen LogP contribution in [0, 0.1) is 6.92 Å². The molecular formula is C22H25N3O6. The third-order valence-electron chi connectivity index (χ3n) is 4.72. The fourth-order valence-electron chi connectivity index (χ4n) is 3.13. The normalized spacial score (nSPS) is 10.5. The van der Waals surface area contributed by atoms with Gasteiger partial charge in [-0.25, -0.2) is 4.98 Å². The monoisotopic (exact) mass is 427 g/mol. The van der Waals surface area contributed by atoms with Gasteiger partial charge >= 0.3 is 0 Å². The molecule has 3 rings (SSSR count). The van der Waals surface area contributed by atoms with Gasteiger partial charge in [-0.2, -0.15) is 0 Å². The van der Waals surface area contributed by atoms with Gasteiger partial charge in [-0.05, 0) is 31.0 Å². The summed E-state index contributed by atoms with van der Waals surface area (Å²) in [7, 11) is 6.13. The Hall–Kier alpha value is -3.75. The van der Waals surface area contributed by atoms with Crippen molar-refractivity contribution in [3.63, 3.8) is 0 Å². The van der Waals surface area contributed by atoms with Gasteiger partial charge in [-0.3, -0.25) is 4.79 Å². The van der Waals surface area contributed by atoms with Crippen LogP contribution in [0.4, 0.5) is 0 Å². The van der Waals surface area contributed by atoms with E-state index >= 15 is 0 Å². The molecule has 2 aromatic heterocycles. The number of pyridine rings is 1. The molecule has 3 aromatic rings. The van der Waals surface area contributed by atoms with Gasteiger partial charge in [0.05, 0.1) is 34.1 Å². The second-order valence-electron chi connectivity index (χ2n) is 6.60. The van der Waals surface area contributed by atoms with Gasteiger partial charge in [0.1, 0.15) is 5.56 Å². The Kier molecular flexibility index (Phi) is 6.96. The van der Waals surface area contributed by atoms with Gasteiger partial charge in [0, 0.05) is 24.4 Å². The van der Waals surface area contributed by atoms with Crippen molar-refractivity contribution in [2.45, 2.75) is 13.3 Å². The van der Waals surface area contributed by atoms with E-state index in [9.17, 15) is 4.79 Å². The first-order valence-electron chi connectivity index (χ1n) is 9.56. The van der Waals surface area contributed by atoms with E-state index < -0.39 is 0 Å². The molecule has 1 amide bonds. The molecule has 1 aromatic carbocycles. The van der Waals surface area contributed by atoms with Crippen LogP contribution in [0.5, 0.6) is 23.1 Å². The number of hydrogen-bond acceptors (Lipinski definition) is 8. The Morgan fingerprint density at radius 3 is 2.29 bits per heavy atom. The number of carbonyl (C=O) groups excluding carboxylic acids is 1. The number of nitrogens with one attached hydrogen (secondary N) is 1. The number of aryl methyl sites for hydroxylation is 1. The van der Waals surface area contributed by atoms with E-state index in [1.54, 1.807) is 38.4 Å². The third-order valence-corrected chi connectivity index (χ3v) is 4.72. The molecule has 0 aliphatic carbocycles. The number of aromatic nitrogens is 2. The van der Waals surface area contributed by atoms with Gasteiger partial charge in [0.2, 0.25) is 11.6 Å². The van der Waals surface area contributed by atoms with Gasteiger partial charge in [-0.1, -0.05) is 11.2 Å². The lowest BCUT2D eigenvalue weighted by Crippen LogP contribution is -2.26. The summed E-state index contributed by atoms with van der Waals surface area (Å²) in [4.78, 5) is 17.1. The van der Waals surface area contributed by atoms with Crippen LogP contribution in [0.3, 0.4) is 0 Å². The maximum Gasteiger partial charge on any atom is 0.257 e. The van der Waals surface area contributed by atoms with Gasteiger partial charge in [-0.15, -0.1) is 0 Å². The Bertz CT molecular complexity index is 1020. The molecule has 164 valence electrons. The van der Waals surface area contributed by atoms with Crippen LogP contribution in [0.2, 0.25) is 0 Å². The lowest BCUT2D eigenvalue weighted by atomic mass is 10.0. The van der Waals surface area contributed by atoms with Crippen LogP contribution >= 0.6 is 0 Å². The highest BCUT2D eigenvalue weighted by molar-refractivity contribution is 6.00. The predicted molar refractivity (Wildman–Crippen MR) is 113 cm³/mol. The number of methoxy groups -OCH3 is 4. The SMILES string of the molecule is COc1ccc(CCNC(=O)c2c(C)noc2-c2cc(OC)c(OC)c(OC)c2)cn1. The van der Waals surface area contributed by atoms with E-state index in [2.05, 4.69) is 15.5 Å². The minimum Gasteiger partial charge on any atom is -0.493 e. The Morgan fingerprint density at radius 2 is 1.74 bits per heavy atom. The molecule has 0 saturated heterocycles. The largest absolute Gasteiger partial charge is 0.493 e. The van der Waals surface area contributed by atoms with Crippen LogP contribution in [0.15, 0.2) is 35.0 Å². The number of benzene rings is 1. The quantitative estimate of drug-likeness (QED) is 0.556. The zero-order valence-corrected chi connectivity index (χ0v) is 18.1. The van der Waals surface area contributed by atoms with Crippen LogP contribution in [-0.2, 0) is 6.42 Å². The van der Waals surface area contributed by atoms with E-state index in [1.165, 1.54) is 21.3 Å². The Morgan fingerprint density at radius 1 is 1.03 bits per heavy atom. The highest BCUT2D eigenvalue weighted by Gasteiger charge is 2.24. The summed E-state index contributed by atoms with van der Waals surface area (Å²) in [6.07, 6.45) is 2.34. The molecule has 0 aliphatic heterocycles. The topological polar surface area (TPSA) is 105 Å². The first-order chi connectivity index (χ1) is 15.0. The summed E-state index contributed by atoms with van der Waals surface area (Å²) in [6, 6.07) is 7.11. The maximum absolute atomic E-state index is 12.9. The van der Waals surface area contributed by atoms with Gasteiger partial charge < -0.3 is 28.8 Å². The highest BCUT2D eigenvalue weighted by atomic mass is 16.5. The fraction of sp³-hybridized carbons (Fsp3) is 0.318. The van der Waals surface area contributed by atoms with E-state index in [-0.39, 0.29) is 5.91 Å². The summed E-state index contributed by atoms with van der Waals surface area (Å²) in [5.74, 6) is 1.92. The summed E-state index contributed by atoms with van der Waals surface area (Å²) in [5.41, 5.74) is 2.39. The average molecular weight is 427 g/mol. The molecule has 0 unspecified atom stereocenters. The van der Waals surface area contributed by atoms with Crippen molar-refractivity contribution < 1.29 is 28.3 Å². The number of amides is 1. The molecule has 0 aliphatic rings. The smallest absolute Gasteiger partial charge is 0.257 e. The van der Waals surface area contributed by atoms with Crippen molar-refractivity contribution in [2.24, 2.45) is 0 Å². The Balaban J connectivity index is 1.81. The van der Waals surface area contributed by atoms with Crippen molar-refractivity contribution in [1.82, 2.24) is 15.5 Å². The van der Waals surface area contributed by atoms with Crippen molar-refractivity contribution in [3.05, 3.63) is 47.3 Å². The van der Waals surface area contributed by atoms with E-state index in [4.69, 9.17) is 23.5 Å². The molecule has 2 heterocycles. The summed E-state index contributed by atoms with van der Waals surface area (Å²) in [5, 5.41) is 6.89. The lowest BCUT2D eigenvalue weighted by molar-refractivity contribution is 0.0954. The second kappa shape index (κ2) is 9.84. The zero-order valence-electron chi connectivity index (χ0n) is 18.1. The minimum atomic E-state index is -0.288. The molecule has 31 heavy (non-hydrogen) atoms. The van der Waals surface area contributed by atoms with Crippen molar-refractivity contribution in [2.75, 3.05) is 35.0 Å². The van der Waals surface area contributed by atoms with Crippen LogP contribution in [0.1, 0.15) is 21.6 Å². The number of ether oxygens (including phenoxy) is 4. The van der Waals surface area contributed by atoms with E-state index in [0.717, 1.165) is 5.56 Å². The zero-order chi connectivity index (χ0) is 22.4. The molecule has 0 radical (unpaired) electrons. The number of nitrogens with zero attached hydrogens (tertiary/aromatic N) is 2. The number of rotatable bonds is 9. The van der Waals surface area contributed by atoms with E-state index in [0.29, 0.717) is 58.7 Å². The average Bonchev–Trinajstić information content (AvgIpc) is 3.19. The first-order valence-corrected chi connectivity index (χ1v) is 9.56.